The molecule has 1 N–H and O–H groups in total. The van der Waals surface area contributed by atoms with Gasteiger partial charge in [0.1, 0.15) is 11.5 Å². The molecule has 0 unspecified atom stereocenters. The Bertz CT molecular complexity index is 1910. The van der Waals surface area contributed by atoms with E-state index in [1.165, 1.54) is 24.3 Å². The van der Waals surface area contributed by atoms with Crippen LogP contribution in [0.3, 0.4) is 0 Å². The Kier molecular flexibility index (Phi) is 6.73. The summed E-state index contributed by atoms with van der Waals surface area (Å²) in [6, 6.07) is 26.3. The van der Waals surface area contributed by atoms with Gasteiger partial charge in [-0.3, -0.25) is 24.5 Å². The highest BCUT2D eigenvalue weighted by Gasteiger charge is 2.70. The third-order valence-corrected chi connectivity index (χ3v) is 9.57. The number of Topliss-reactive ketones (excluding diaryl/α,β-unsaturated/α-hetero) is 2. The van der Waals surface area contributed by atoms with E-state index in [0.717, 1.165) is 35.2 Å². The quantitative estimate of drug-likeness (QED) is 0.143. The third kappa shape index (κ3) is 4.16. The van der Waals surface area contributed by atoms with Crippen molar-refractivity contribution in [2.75, 3.05) is 10.2 Å². The number of anilines is 2. The standard InChI is InChI=1S/C37H31N3O5/c1-3-8-23-13-15-24(16-14-23)34(41)32-33(35(42)25-17-19-26(20-18-25)40(44)45)39-30-12-7-4-9-27(30)22(2)21-31(39)37(32)28-10-5-6-11-29(28)38-36(37)43/h4-7,9-21,31-33H,3,8H2,1-2H3,(H,38,43)/t31-,32+,33-,37+/m1/s1. The number of carbonyl (C=O) groups is 3. The lowest BCUT2D eigenvalue weighted by Gasteiger charge is -2.39. The Labute approximate surface area is 260 Å². The Morgan fingerprint density at radius 3 is 2.24 bits per heavy atom. The van der Waals surface area contributed by atoms with Gasteiger partial charge in [-0.15, -0.1) is 0 Å². The van der Waals surface area contributed by atoms with Crippen molar-refractivity contribution in [1.82, 2.24) is 0 Å². The molecule has 0 aliphatic carbocycles. The SMILES string of the molecule is CCCc1ccc(C(=O)[C@@H]2[C@H](C(=O)c3ccc([N+](=O)[O-])cc3)N3c4ccccc4C(C)=C[C@@H]3[C@]23C(=O)Nc2ccccc23)cc1. The number of nitro groups is 1. The van der Waals surface area contributed by atoms with Gasteiger partial charge >= 0.3 is 0 Å². The lowest BCUT2D eigenvalue weighted by molar-refractivity contribution is -0.384. The number of benzene rings is 4. The summed E-state index contributed by atoms with van der Waals surface area (Å²) in [4.78, 5) is 57.2. The number of nitro benzene ring substituents is 1. The van der Waals surface area contributed by atoms with Gasteiger partial charge in [0.15, 0.2) is 11.6 Å². The first-order chi connectivity index (χ1) is 21.8. The van der Waals surface area contributed by atoms with Gasteiger partial charge in [-0.1, -0.05) is 80.1 Å². The molecule has 0 aromatic heterocycles. The van der Waals surface area contributed by atoms with Crippen molar-refractivity contribution in [3.05, 3.63) is 141 Å². The first kappa shape index (κ1) is 28.4. The molecule has 4 aromatic carbocycles. The second-order valence-electron chi connectivity index (χ2n) is 12.0. The Hall–Kier alpha value is -5.37. The van der Waals surface area contributed by atoms with Crippen molar-refractivity contribution in [3.63, 3.8) is 0 Å². The maximum absolute atomic E-state index is 15.0. The number of para-hydroxylation sites is 2. The number of carbonyl (C=O) groups excluding carboxylic acids is 3. The minimum atomic E-state index is -1.42. The second-order valence-corrected chi connectivity index (χ2v) is 12.0. The summed E-state index contributed by atoms with van der Waals surface area (Å²) in [6.07, 6.45) is 3.84. The lowest BCUT2D eigenvalue weighted by atomic mass is 9.64. The number of nitrogens with zero attached hydrogens (tertiary/aromatic N) is 2. The van der Waals surface area contributed by atoms with Gasteiger partial charge in [0.25, 0.3) is 5.69 Å². The molecule has 8 heteroatoms. The zero-order valence-corrected chi connectivity index (χ0v) is 24.9. The summed E-state index contributed by atoms with van der Waals surface area (Å²) in [6.45, 7) is 4.08. The molecule has 8 nitrogen and oxygen atoms in total. The number of hydrogen-bond donors (Lipinski definition) is 1. The fourth-order valence-corrected chi connectivity index (χ4v) is 7.61. The van der Waals surface area contributed by atoms with Crippen molar-refractivity contribution in [1.29, 1.82) is 0 Å². The summed E-state index contributed by atoms with van der Waals surface area (Å²) in [5, 5.41) is 14.4. The molecule has 0 radical (unpaired) electrons. The number of hydrogen-bond acceptors (Lipinski definition) is 6. The Morgan fingerprint density at radius 2 is 1.53 bits per heavy atom. The average molecular weight is 598 g/mol. The number of aryl methyl sites for hydroxylation is 1. The van der Waals surface area contributed by atoms with Crippen LogP contribution in [0.5, 0.6) is 0 Å². The predicted molar refractivity (Wildman–Crippen MR) is 173 cm³/mol. The van der Waals surface area contributed by atoms with Crippen molar-refractivity contribution in [3.8, 4) is 0 Å². The van der Waals surface area contributed by atoms with E-state index in [2.05, 4.69) is 12.2 Å². The van der Waals surface area contributed by atoms with E-state index in [-0.39, 0.29) is 28.7 Å². The van der Waals surface area contributed by atoms with Crippen LogP contribution in [-0.2, 0) is 16.6 Å². The van der Waals surface area contributed by atoms with Crippen LogP contribution in [0.15, 0.2) is 103 Å². The minimum Gasteiger partial charge on any atom is -0.352 e. The first-order valence-corrected chi connectivity index (χ1v) is 15.2. The summed E-state index contributed by atoms with van der Waals surface area (Å²) in [7, 11) is 0. The van der Waals surface area contributed by atoms with Gasteiger partial charge in [-0.2, -0.15) is 0 Å². The summed E-state index contributed by atoms with van der Waals surface area (Å²) < 4.78 is 0. The highest BCUT2D eigenvalue weighted by Crippen LogP contribution is 2.58. The fraction of sp³-hybridized carbons (Fsp3) is 0.216. The number of non-ortho nitro benzene ring substituents is 1. The lowest BCUT2D eigenvalue weighted by Crippen LogP contribution is -2.51. The van der Waals surface area contributed by atoms with Crippen LogP contribution in [0.4, 0.5) is 17.1 Å². The van der Waals surface area contributed by atoms with E-state index in [4.69, 9.17) is 0 Å². The normalized spacial score (nSPS) is 22.7. The van der Waals surface area contributed by atoms with Crippen molar-refractivity contribution in [2.45, 2.75) is 44.2 Å². The zero-order chi connectivity index (χ0) is 31.5. The summed E-state index contributed by atoms with van der Waals surface area (Å²) in [5.41, 5.74) is 4.09. The minimum absolute atomic E-state index is 0.141. The van der Waals surface area contributed by atoms with Crippen LogP contribution in [0.1, 0.15) is 57.7 Å². The van der Waals surface area contributed by atoms with Crippen LogP contribution in [0.25, 0.3) is 5.57 Å². The van der Waals surface area contributed by atoms with E-state index >= 15 is 0 Å². The number of allylic oxidation sites excluding steroid dienone is 1. The largest absolute Gasteiger partial charge is 0.352 e. The molecule has 1 amide bonds. The van der Waals surface area contributed by atoms with Crippen molar-refractivity contribution < 1.29 is 19.3 Å². The van der Waals surface area contributed by atoms with Crippen molar-refractivity contribution >= 4 is 40.1 Å². The van der Waals surface area contributed by atoms with Crippen LogP contribution in [0, 0.1) is 16.0 Å². The van der Waals surface area contributed by atoms with E-state index < -0.39 is 28.3 Å². The van der Waals surface area contributed by atoms with Crippen LogP contribution in [0.2, 0.25) is 0 Å². The van der Waals surface area contributed by atoms with Gasteiger partial charge in [-0.05, 0) is 54.3 Å². The van der Waals surface area contributed by atoms with Gasteiger partial charge in [0, 0.05) is 40.2 Å². The van der Waals surface area contributed by atoms with E-state index in [1.807, 2.05) is 78.6 Å². The smallest absolute Gasteiger partial charge is 0.269 e. The van der Waals surface area contributed by atoms with Crippen LogP contribution in [-0.4, -0.2) is 34.5 Å². The van der Waals surface area contributed by atoms with Gasteiger partial charge in [-0.25, -0.2) is 0 Å². The molecule has 4 aromatic rings. The molecule has 3 aliphatic heterocycles. The average Bonchev–Trinajstić information content (AvgIpc) is 3.53. The van der Waals surface area contributed by atoms with E-state index in [1.54, 1.807) is 12.1 Å². The molecule has 1 saturated heterocycles. The molecule has 45 heavy (non-hydrogen) atoms. The first-order valence-electron chi connectivity index (χ1n) is 15.2. The summed E-state index contributed by atoms with van der Waals surface area (Å²) >= 11 is 0. The Balaban J connectivity index is 1.50. The Morgan fingerprint density at radius 1 is 0.889 bits per heavy atom. The molecular formula is C37H31N3O5. The molecule has 3 heterocycles. The number of fused-ring (bicyclic) bond motifs is 6. The van der Waals surface area contributed by atoms with Crippen LogP contribution >= 0.6 is 0 Å². The molecular weight excluding hydrogens is 566 g/mol. The van der Waals surface area contributed by atoms with Gasteiger partial charge in [0.2, 0.25) is 5.91 Å². The van der Waals surface area contributed by atoms with E-state index in [0.29, 0.717) is 16.8 Å². The van der Waals surface area contributed by atoms with Crippen LogP contribution < -0.4 is 10.2 Å². The number of amides is 1. The maximum atomic E-state index is 15.0. The summed E-state index contributed by atoms with van der Waals surface area (Å²) in [5.74, 6) is -2.13. The van der Waals surface area contributed by atoms with Crippen molar-refractivity contribution in [2.24, 2.45) is 5.92 Å². The molecule has 7 rings (SSSR count). The van der Waals surface area contributed by atoms with Gasteiger partial charge < -0.3 is 10.2 Å². The fourth-order valence-electron chi connectivity index (χ4n) is 7.61. The second kappa shape index (κ2) is 10.7. The molecule has 1 fully saturated rings. The predicted octanol–water partition coefficient (Wildman–Crippen LogP) is 6.79. The number of nitrogens with one attached hydrogen (secondary N) is 1. The highest BCUT2D eigenvalue weighted by atomic mass is 16.6. The number of ketones is 2. The maximum Gasteiger partial charge on any atom is 0.269 e. The molecule has 4 atom stereocenters. The monoisotopic (exact) mass is 597 g/mol. The number of rotatable bonds is 7. The molecule has 0 saturated carbocycles. The third-order valence-electron chi connectivity index (χ3n) is 9.57. The zero-order valence-electron chi connectivity index (χ0n) is 24.9. The molecule has 224 valence electrons. The van der Waals surface area contributed by atoms with E-state index in [9.17, 15) is 24.5 Å². The molecule has 0 bridgehead atoms. The molecule has 1 spiro atoms. The van der Waals surface area contributed by atoms with Gasteiger partial charge in [0.05, 0.1) is 16.9 Å². The topological polar surface area (TPSA) is 110 Å². The highest BCUT2D eigenvalue weighted by molar-refractivity contribution is 6.18. The molecule has 3 aliphatic rings.